The van der Waals surface area contributed by atoms with Crippen LogP contribution in [0.25, 0.3) is 0 Å². The first-order valence-electron chi connectivity index (χ1n) is 8.10. The Hall–Kier alpha value is -3.21. The minimum Gasteiger partial charge on any atom is -0.340 e. The highest BCUT2D eigenvalue weighted by Gasteiger charge is 2.35. The second kappa shape index (κ2) is 8.03. The standard InChI is InChI=1S/C18H13BrF3N5O2/c1-26(13-6-8-14(9-7-13)27(28)29)17-23-10-15(18(20,21)22)16(25-17)24-12-4-2-11(19)3-5-12/h2-10H,1H3,(H,23,24,25). The number of nitro benzene ring substituents is 1. The van der Waals surface area contributed by atoms with Crippen molar-refractivity contribution in [3.63, 3.8) is 0 Å². The molecule has 1 N–H and O–H groups in total. The zero-order valence-electron chi connectivity index (χ0n) is 14.8. The molecule has 3 rings (SSSR count). The average molecular weight is 468 g/mol. The number of non-ortho nitro benzene ring substituents is 1. The molecule has 1 heterocycles. The summed E-state index contributed by atoms with van der Waals surface area (Å²) < 4.78 is 40.9. The van der Waals surface area contributed by atoms with Gasteiger partial charge in [0, 0.05) is 41.2 Å². The first-order chi connectivity index (χ1) is 13.6. The van der Waals surface area contributed by atoms with Crippen LogP contribution in [0, 0.1) is 10.1 Å². The van der Waals surface area contributed by atoms with E-state index in [0.29, 0.717) is 17.6 Å². The second-order valence-corrected chi connectivity index (χ2v) is 6.81. The number of halogens is 4. The van der Waals surface area contributed by atoms with E-state index in [1.165, 1.54) is 29.2 Å². The van der Waals surface area contributed by atoms with Gasteiger partial charge in [0.25, 0.3) is 5.69 Å². The molecule has 0 aliphatic rings. The average Bonchev–Trinajstić information content (AvgIpc) is 2.68. The number of benzene rings is 2. The molecular formula is C18H13BrF3N5O2. The molecule has 0 bridgehead atoms. The van der Waals surface area contributed by atoms with Crippen LogP contribution in [-0.4, -0.2) is 21.9 Å². The number of nitrogens with zero attached hydrogens (tertiary/aromatic N) is 4. The molecule has 0 saturated heterocycles. The van der Waals surface area contributed by atoms with Crippen LogP contribution in [0.5, 0.6) is 0 Å². The van der Waals surface area contributed by atoms with E-state index >= 15 is 0 Å². The van der Waals surface area contributed by atoms with E-state index in [4.69, 9.17) is 0 Å². The van der Waals surface area contributed by atoms with E-state index in [1.54, 1.807) is 31.3 Å². The number of hydrogen-bond donors (Lipinski definition) is 1. The van der Waals surface area contributed by atoms with Crippen molar-refractivity contribution >= 4 is 44.8 Å². The van der Waals surface area contributed by atoms with Gasteiger partial charge in [-0.3, -0.25) is 10.1 Å². The Morgan fingerprint density at radius 3 is 2.28 bits per heavy atom. The summed E-state index contributed by atoms with van der Waals surface area (Å²) in [7, 11) is 1.55. The maximum atomic E-state index is 13.4. The fourth-order valence-corrected chi connectivity index (χ4v) is 2.68. The Morgan fingerprint density at radius 2 is 1.72 bits per heavy atom. The van der Waals surface area contributed by atoms with Gasteiger partial charge >= 0.3 is 6.18 Å². The van der Waals surface area contributed by atoms with Crippen molar-refractivity contribution < 1.29 is 18.1 Å². The Labute approximate surface area is 171 Å². The van der Waals surface area contributed by atoms with E-state index in [2.05, 4.69) is 31.2 Å². The van der Waals surface area contributed by atoms with Gasteiger partial charge in [-0.25, -0.2) is 4.98 Å². The topological polar surface area (TPSA) is 84.2 Å². The monoisotopic (exact) mass is 467 g/mol. The second-order valence-electron chi connectivity index (χ2n) is 5.89. The van der Waals surface area contributed by atoms with Crippen LogP contribution in [0.3, 0.4) is 0 Å². The fourth-order valence-electron chi connectivity index (χ4n) is 2.42. The van der Waals surface area contributed by atoms with Gasteiger partial charge in [0.2, 0.25) is 5.95 Å². The Morgan fingerprint density at radius 1 is 1.10 bits per heavy atom. The number of hydrogen-bond acceptors (Lipinski definition) is 6. The van der Waals surface area contributed by atoms with Gasteiger partial charge < -0.3 is 10.2 Å². The van der Waals surface area contributed by atoms with E-state index in [1.807, 2.05) is 0 Å². The molecule has 29 heavy (non-hydrogen) atoms. The predicted octanol–water partition coefficient (Wildman–Crippen LogP) is 5.68. The molecule has 150 valence electrons. The van der Waals surface area contributed by atoms with Crippen LogP contribution in [0.2, 0.25) is 0 Å². The van der Waals surface area contributed by atoms with Crippen LogP contribution in [0.4, 0.5) is 42.0 Å². The number of alkyl halides is 3. The Kier molecular flexibility index (Phi) is 5.69. The molecule has 0 spiro atoms. The first kappa shape index (κ1) is 20.5. The van der Waals surface area contributed by atoms with Gasteiger partial charge in [-0.1, -0.05) is 15.9 Å². The van der Waals surface area contributed by atoms with E-state index < -0.39 is 22.5 Å². The molecule has 0 amide bonds. The van der Waals surface area contributed by atoms with Crippen LogP contribution >= 0.6 is 15.9 Å². The largest absolute Gasteiger partial charge is 0.421 e. The van der Waals surface area contributed by atoms with Crippen molar-refractivity contribution in [2.45, 2.75) is 6.18 Å². The van der Waals surface area contributed by atoms with E-state index in [0.717, 1.165) is 4.47 Å². The third-order valence-electron chi connectivity index (χ3n) is 3.94. The van der Waals surface area contributed by atoms with Crippen LogP contribution in [0.15, 0.2) is 59.2 Å². The molecular weight excluding hydrogens is 455 g/mol. The predicted molar refractivity (Wildman–Crippen MR) is 106 cm³/mol. The van der Waals surface area contributed by atoms with E-state index in [-0.39, 0.29) is 11.6 Å². The van der Waals surface area contributed by atoms with Crippen LogP contribution in [-0.2, 0) is 6.18 Å². The molecule has 7 nitrogen and oxygen atoms in total. The van der Waals surface area contributed by atoms with Crippen molar-refractivity contribution in [1.82, 2.24) is 9.97 Å². The van der Waals surface area contributed by atoms with Gasteiger partial charge in [0.05, 0.1) is 4.92 Å². The fraction of sp³-hybridized carbons (Fsp3) is 0.111. The maximum Gasteiger partial charge on any atom is 0.421 e. The van der Waals surface area contributed by atoms with Crippen molar-refractivity contribution in [1.29, 1.82) is 0 Å². The summed E-state index contributed by atoms with van der Waals surface area (Å²) in [4.78, 5) is 19.5. The number of nitro groups is 1. The summed E-state index contributed by atoms with van der Waals surface area (Å²) in [6.07, 6.45) is -3.95. The summed E-state index contributed by atoms with van der Waals surface area (Å²) in [5.41, 5.74) is -0.222. The minimum absolute atomic E-state index is 0.00790. The van der Waals surface area contributed by atoms with Gasteiger partial charge in [-0.05, 0) is 36.4 Å². The van der Waals surface area contributed by atoms with Gasteiger partial charge in [0.1, 0.15) is 11.4 Å². The summed E-state index contributed by atoms with van der Waals surface area (Å²) in [5, 5.41) is 13.4. The highest BCUT2D eigenvalue weighted by atomic mass is 79.9. The SMILES string of the molecule is CN(c1ccc([N+](=O)[O-])cc1)c1ncc(C(F)(F)F)c(Nc2ccc(Br)cc2)n1. The summed E-state index contributed by atoms with van der Waals surface area (Å²) in [6.45, 7) is 0. The lowest BCUT2D eigenvalue weighted by Crippen LogP contribution is -2.17. The van der Waals surface area contributed by atoms with Gasteiger partial charge in [0.15, 0.2) is 0 Å². The van der Waals surface area contributed by atoms with Gasteiger partial charge in [-0.2, -0.15) is 18.2 Å². The molecule has 1 aromatic heterocycles. The number of nitrogens with one attached hydrogen (secondary N) is 1. The highest BCUT2D eigenvalue weighted by Crippen LogP contribution is 2.36. The van der Waals surface area contributed by atoms with Crippen molar-refractivity contribution in [2.24, 2.45) is 0 Å². The van der Waals surface area contributed by atoms with Crippen molar-refractivity contribution in [3.05, 3.63) is 74.9 Å². The summed E-state index contributed by atoms with van der Waals surface area (Å²) >= 11 is 3.27. The lowest BCUT2D eigenvalue weighted by Gasteiger charge is -2.20. The Bertz CT molecular complexity index is 1030. The maximum absolute atomic E-state index is 13.4. The van der Waals surface area contributed by atoms with Crippen molar-refractivity contribution in [2.75, 3.05) is 17.3 Å². The molecule has 0 aliphatic heterocycles. The number of rotatable bonds is 5. The molecule has 0 radical (unpaired) electrons. The van der Waals surface area contributed by atoms with Crippen LogP contribution in [0.1, 0.15) is 5.56 Å². The third kappa shape index (κ3) is 4.80. The number of anilines is 4. The first-order valence-corrected chi connectivity index (χ1v) is 8.89. The minimum atomic E-state index is -4.65. The highest BCUT2D eigenvalue weighted by molar-refractivity contribution is 9.10. The van der Waals surface area contributed by atoms with E-state index in [9.17, 15) is 23.3 Å². The molecule has 0 fully saturated rings. The van der Waals surface area contributed by atoms with Gasteiger partial charge in [-0.15, -0.1) is 0 Å². The lowest BCUT2D eigenvalue weighted by atomic mass is 10.2. The van der Waals surface area contributed by atoms with Crippen LogP contribution < -0.4 is 10.2 Å². The molecule has 0 saturated carbocycles. The lowest BCUT2D eigenvalue weighted by molar-refractivity contribution is -0.384. The zero-order chi connectivity index (χ0) is 21.2. The molecule has 0 aliphatic carbocycles. The molecule has 2 aromatic carbocycles. The normalized spacial score (nSPS) is 11.2. The molecule has 11 heteroatoms. The Balaban J connectivity index is 1.97. The smallest absolute Gasteiger partial charge is 0.340 e. The number of aromatic nitrogens is 2. The summed E-state index contributed by atoms with van der Waals surface area (Å²) in [6, 6.07) is 12.1. The quantitative estimate of drug-likeness (QED) is 0.383. The third-order valence-corrected chi connectivity index (χ3v) is 4.46. The van der Waals surface area contributed by atoms with Crippen molar-refractivity contribution in [3.8, 4) is 0 Å². The molecule has 0 unspecified atom stereocenters. The zero-order valence-corrected chi connectivity index (χ0v) is 16.4. The summed E-state index contributed by atoms with van der Waals surface area (Å²) in [5.74, 6) is -0.412. The molecule has 0 atom stereocenters. The molecule has 3 aromatic rings.